The van der Waals surface area contributed by atoms with Crippen molar-refractivity contribution in [2.45, 2.75) is 32.2 Å². The summed E-state index contributed by atoms with van der Waals surface area (Å²) in [6.45, 7) is 1.27. The Kier molecular flexibility index (Phi) is 7.00. The van der Waals surface area contributed by atoms with Crippen LogP contribution in [0.4, 0.5) is 4.79 Å². The molecule has 0 heterocycles. The number of rotatable bonds is 8. The monoisotopic (exact) mass is 384 g/mol. The lowest BCUT2D eigenvalue weighted by Crippen LogP contribution is -2.37. The number of ether oxygens (including phenoxy) is 3. The van der Waals surface area contributed by atoms with Crippen LogP contribution in [-0.4, -0.2) is 33.4 Å². The van der Waals surface area contributed by atoms with Gasteiger partial charge in [0.2, 0.25) is 0 Å². The van der Waals surface area contributed by atoms with E-state index in [1.165, 1.54) is 24.0 Å². The van der Waals surface area contributed by atoms with Crippen molar-refractivity contribution in [2.24, 2.45) is 0 Å². The zero-order valence-corrected chi connectivity index (χ0v) is 16.5. The molecular weight excluding hydrogens is 356 g/mol. The number of hydrogen-bond acceptors (Lipinski definition) is 4. The molecule has 0 atom stereocenters. The summed E-state index contributed by atoms with van der Waals surface area (Å²) in [5.74, 6) is 2.17. The third-order valence-corrected chi connectivity index (χ3v) is 4.88. The van der Waals surface area contributed by atoms with Gasteiger partial charge in [0.25, 0.3) is 0 Å². The van der Waals surface area contributed by atoms with Crippen molar-refractivity contribution in [3.63, 3.8) is 0 Å². The number of fused-ring (bicyclic) bond motifs is 1. The van der Waals surface area contributed by atoms with Crippen molar-refractivity contribution >= 4 is 6.03 Å². The van der Waals surface area contributed by atoms with Crippen molar-refractivity contribution < 1.29 is 19.0 Å². The zero-order chi connectivity index (χ0) is 19.8. The van der Waals surface area contributed by atoms with Gasteiger partial charge in [-0.1, -0.05) is 12.1 Å². The van der Waals surface area contributed by atoms with E-state index in [0.717, 1.165) is 24.2 Å². The molecule has 0 fully saturated rings. The molecule has 0 aromatic heterocycles. The third-order valence-electron chi connectivity index (χ3n) is 4.88. The second-order valence-corrected chi connectivity index (χ2v) is 6.78. The van der Waals surface area contributed by atoms with Gasteiger partial charge in [-0.15, -0.1) is 0 Å². The largest absolute Gasteiger partial charge is 0.493 e. The number of aryl methyl sites for hydroxylation is 2. The quantitative estimate of drug-likeness (QED) is 0.684. The molecule has 0 aliphatic heterocycles. The summed E-state index contributed by atoms with van der Waals surface area (Å²) in [4.78, 5) is 12.0. The molecule has 0 unspecified atom stereocenters. The van der Waals surface area contributed by atoms with E-state index in [1.807, 2.05) is 24.3 Å². The lowest BCUT2D eigenvalue weighted by atomic mass is 9.92. The Balaban J connectivity index is 1.38. The summed E-state index contributed by atoms with van der Waals surface area (Å²) in [6, 6.07) is 11.6. The maximum atomic E-state index is 12.0. The smallest absolute Gasteiger partial charge is 0.315 e. The predicted octanol–water partition coefficient (Wildman–Crippen LogP) is 3.46. The molecule has 150 valence electrons. The maximum absolute atomic E-state index is 12.0. The Bertz CT molecular complexity index is 807. The van der Waals surface area contributed by atoms with Crippen LogP contribution in [0.3, 0.4) is 0 Å². The van der Waals surface area contributed by atoms with E-state index >= 15 is 0 Å². The van der Waals surface area contributed by atoms with Gasteiger partial charge in [-0.05, 0) is 66.6 Å². The van der Waals surface area contributed by atoms with Crippen LogP contribution < -0.4 is 24.8 Å². The Hall–Kier alpha value is -2.89. The van der Waals surface area contributed by atoms with E-state index in [0.29, 0.717) is 31.2 Å². The molecule has 6 heteroatoms. The number of methoxy groups -OCH3 is 2. The van der Waals surface area contributed by atoms with Gasteiger partial charge < -0.3 is 24.8 Å². The molecule has 1 aliphatic rings. The number of benzene rings is 2. The van der Waals surface area contributed by atoms with Crippen LogP contribution in [-0.2, 0) is 19.4 Å². The summed E-state index contributed by atoms with van der Waals surface area (Å²) >= 11 is 0. The number of carbonyl (C=O) groups is 1. The van der Waals surface area contributed by atoms with Crippen molar-refractivity contribution in [2.75, 3.05) is 27.4 Å². The first-order chi connectivity index (χ1) is 13.7. The predicted molar refractivity (Wildman–Crippen MR) is 108 cm³/mol. The molecule has 2 aromatic carbocycles. The molecule has 0 bridgehead atoms. The Morgan fingerprint density at radius 3 is 2.50 bits per heavy atom. The van der Waals surface area contributed by atoms with E-state index in [9.17, 15) is 4.79 Å². The maximum Gasteiger partial charge on any atom is 0.315 e. The van der Waals surface area contributed by atoms with Crippen LogP contribution in [0.15, 0.2) is 36.4 Å². The molecule has 0 saturated carbocycles. The highest BCUT2D eigenvalue weighted by atomic mass is 16.5. The SMILES string of the molecule is COc1ccc(CNC(=O)NCCOc2ccc3c(c2)CCCC3)cc1OC. The number of carbonyl (C=O) groups excluding carboxylic acids is 1. The van der Waals surface area contributed by atoms with E-state index in [1.54, 1.807) is 14.2 Å². The second kappa shape index (κ2) is 9.88. The first-order valence-electron chi connectivity index (χ1n) is 9.67. The molecule has 6 nitrogen and oxygen atoms in total. The number of hydrogen-bond donors (Lipinski definition) is 2. The first kappa shape index (κ1) is 19.9. The average molecular weight is 384 g/mol. The lowest BCUT2D eigenvalue weighted by Gasteiger charge is -2.17. The Morgan fingerprint density at radius 2 is 1.71 bits per heavy atom. The fraction of sp³-hybridized carbons (Fsp3) is 0.409. The summed E-state index contributed by atoms with van der Waals surface area (Å²) in [6.07, 6.45) is 4.81. The molecule has 2 N–H and O–H groups in total. The van der Waals surface area contributed by atoms with Gasteiger partial charge in [0, 0.05) is 6.54 Å². The van der Waals surface area contributed by atoms with Crippen molar-refractivity contribution in [1.29, 1.82) is 0 Å². The van der Waals surface area contributed by atoms with Gasteiger partial charge >= 0.3 is 6.03 Å². The Morgan fingerprint density at radius 1 is 0.929 bits per heavy atom. The standard InChI is InChI=1S/C22H28N2O4/c1-26-20-10-7-16(13-21(20)27-2)15-24-22(25)23-11-12-28-19-9-8-17-5-3-4-6-18(17)14-19/h7-10,13-14H,3-6,11-12,15H2,1-2H3,(H2,23,24,25). The van der Waals surface area contributed by atoms with Gasteiger partial charge in [0.05, 0.1) is 20.8 Å². The normalized spacial score (nSPS) is 12.6. The molecule has 1 aliphatic carbocycles. The highest BCUT2D eigenvalue weighted by Crippen LogP contribution is 2.27. The minimum Gasteiger partial charge on any atom is -0.493 e. The number of amides is 2. The minimum atomic E-state index is -0.233. The van der Waals surface area contributed by atoms with Crippen LogP contribution in [0.5, 0.6) is 17.2 Å². The van der Waals surface area contributed by atoms with Crippen LogP contribution in [0.2, 0.25) is 0 Å². The minimum absolute atomic E-state index is 0.233. The number of nitrogens with one attached hydrogen (secondary N) is 2. The van der Waals surface area contributed by atoms with Gasteiger partial charge in [0.15, 0.2) is 11.5 Å². The van der Waals surface area contributed by atoms with Gasteiger partial charge in [-0.25, -0.2) is 4.79 Å². The highest BCUT2D eigenvalue weighted by Gasteiger charge is 2.10. The second-order valence-electron chi connectivity index (χ2n) is 6.78. The van der Waals surface area contributed by atoms with E-state index < -0.39 is 0 Å². The Labute approximate surface area is 166 Å². The van der Waals surface area contributed by atoms with Gasteiger partial charge in [-0.2, -0.15) is 0 Å². The fourth-order valence-electron chi connectivity index (χ4n) is 3.37. The van der Waals surface area contributed by atoms with Crippen molar-refractivity contribution in [1.82, 2.24) is 10.6 Å². The summed E-state index contributed by atoms with van der Waals surface area (Å²) in [5, 5.41) is 5.63. The summed E-state index contributed by atoms with van der Waals surface area (Å²) in [5.41, 5.74) is 3.76. The van der Waals surface area contributed by atoms with Gasteiger partial charge in [-0.3, -0.25) is 0 Å². The van der Waals surface area contributed by atoms with Crippen LogP contribution in [0.1, 0.15) is 29.5 Å². The molecule has 0 radical (unpaired) electrons. The molecule has 0 spiro atoms. The summed E-state index contributed by atoms with van der Waals surface area (Å²) < 4.78 is 16.2. The van der Waals surface area contributed by atoms with E-state index in [-0.39, 0.29) is 6.03 Å². The third kappa shape index (κ3) is 5.31. The van der Waals surface area contributed by atoms with Gasteiger partial charge in [0.1, 0.15) is 12.4 Å². The molecule has 3 rings (SSSR count). The first-order valence-corrected chi connectivity index (χ1v) is 9.67. The zero-order valence-electron chi connectivity index (χ0n) is 16.5. The summed E-state index contributed by atoms with van der Waals surface area (Å²) in [7, 11) is 3.18. The molecular formula is C22H28N2O4. The highest BCUT2D eigenvalue weighted by molar-refractivity contribution is 5.73. The molecule has 2 aromatic rings. The molecule has 2 amide bonds. The van der Waals surface area contributed by atoms with E-state index in [4.69, 9.17) is 14.2 Å². The van der Waals surface area contributed by atoms with Crippen LogP contribution in [0.25, 0.3) is 0 Å². The van der Waals surface area contributed by atoms with Crippen molar-refractivity contribution in [3.05, 3.63) is 53.1 Å². The van der Waals surface area contributed by atoms with Crippen LogP contribution in [0, 0.1) is 0 Å². The van der Waals surface area contributed by atoms with Crippen molar-refractivity contribution in [3.8, 4) is 17.2 Å². The van der Waals surface area contributed by atoms with E-state index in [2.05, 4.69) is 22.8 Å². The molecule has 0 saturated heterocycles. The number of urea groups is 1. The van der Waals surface area contributed by atoms with Crippen LogP contribution >= 0.6 is 0 Å². The topological polar surface area (TPSA) is 68.8 Å². The molecule has 28 heavy (non-hydrogen) atoms. The lowest BCUT2D eigenvalue weighted by molar-refractivity contribution is 0.236. The average Bonchev–Trinajstić information content (AvgIpc) is 2.74. The fourth-order valence-corrected chi connectivity index (χ4v) is 3.37.